The highest BCUT2D eigenvalue weighted by Crippen LogP contribution is 2.50. The maximum atomic E-state index is 12.4. The van der Waals surface area contributed by atoms with Crippen LogP contribution in [0.3, 0.4) is 0 Å². The molecular formula is C20H22N4O4S. The standard InChI is InChI=1S/C20H22N4O4S/c1-20(2)16(19(27)28)24-17(26)15(18(24)29-20)23-13(25)8-10-21-12-7-3-5-11-6-4-9-22-14(11)12/h3-7,9,15-16,18,21H,8,10H2,1-2H3,(H,23,25)(H,27,28)/t15-,16+,18-/m1/s1. The van der Waals surface area contributed by atoms with E-state index in [4.69, 9.17) is 0 Å². The Morgan fingerprint density at radius 2 is 2.03 bits per heavy atom. The van der Waals surface area contributed by atoms with Gasteiger partial charge in [0, 0.05) is 29.3 Å². The lowest BCUT2D eigenvalue weighted by Crippen LogP contribution is -2.70. The second-order valence-electron chi connectivity index (χ2n) is 7.70. The van der Waals surface area contributed by atoms with Crippen LogP contribution in [0.25, 0.3) is 10.9 Å². The number of carboxylic acids is 1. The van der Waals surface area contributed by atoms with Gasteiger partial charge in [0.2, 0.25) is 11.8 Å². The van der Waals surface area contributed by atoms with Crippen molar-refractivity contribution < 1.29 is 19.5 Å². The summed E-state index contributed by atoms with van der Waals surface area (Å²) in [6.07, 6.45) is 1.91. The molecule has 0 bridgehead atoms. The van der Waals surface area contributed by atoms with E-state index in [9.17, 15) is 19.5 Å². The van der Waals surface area contributed by atoms with Crippen LogP contribution in [0.2, 0.25) is 0 Å². The molecule has 2 aliphatic rings. The van der Waals surface area contributed by atoms with Crippen LogP contribution in [-0.2, 0) is 14.4 Å². The number of pyridine rings is 1. The smallest absolute Gasteiger partial charge is 0.327 e. The summed E-state index contributed by atoms with van der Waals surface area (Å²) in [5, 5.41) is 16.1. The molecule has 29 heavy (non-hydrogen) atoms. The van der Waals surface area contributed by atoms with Crippen molar-refractivity contribution in [3.63, 3.8) is 0 Å². The van der Waals surface area contributed by atoms with Gasteiger partial charge in [0.05, 0.1) is 11.2 Å². The fourth-order valence-electron chi connectivity index (χ4n) is 3.95. The molecule has 0 unspecified atom stereocenters. The number of hydrogen-bond acceptors (Lipinski definition) is 6. The summed E-state index contributed by atoms with van der Waals surface area (Å²) in [6, 6.07) is 8.10. The zero-order chi connectivity index (χ0) is 20.8. The number of carbonyl (C=O) groups excluding carboxylic acids is 2. The first-order chi connectivity index (χ1) is 13.8. The van der Waals surface area contributed by atoms with E-state index in [1.807, 2.05) is 44.2 Å². The zero-order valence-electron chi connectivity index (χ0n) is 16.1. The highest BCUT2D eigenvalue weighted by atomic mass is 32.2. The molecule has 2 amide bonds. The Kier molecular flexibility index (Phi) is 4.85. The second-order valence-corrected chi connectivity index (χ2v) is 9.47. The number of thioether (sulfide) groups is 1. The Labute approximate surface area is 172 Å². The number of aliphatic carboxylic acids is 1. The summed E-state index contributed by atoms with van der Waals surface area (Å²) >= 11 is 1.42. The number of nitrogens with one attached hydrogen (secondary N) is 2. The molecule has 3 N–H and O–H groups in total. The van der Waals surface area contributed by atoms with Gasteiger partial charge in [-0.1, -0.05) is 18.2 Å². The molecular weight excluding hydrogens is 392 g/mol. The molecule has 1 aromatic heterocycles. The fourth-order valence-corrected chi connectivity index (χ4v) is 5.57. The van der Waals surface area contributed by atoms with E-state index in [0.717, 1.165) is 16.6 Å². The Bertz CT molecular complexity index is 990. The van der Waals surface area contributed by atoms with Crippen molar-refractivity contribution in [2.45, 2.75) is 42.5 Å². The summed E-state index contributed by atoms with van der Waals surface area (Å²) in [7, 11) is 0. The van der Waals surface area contributed by atoms with Gasteiger partial charge in [0.25, 0.3) is 0 Å². The molecule has 2 saturated heterocycles. The zero-order valence-corrected chi connectivity index (χ0v) is 16.9. The number of fused-ring (bicyclic) bond motifs is 2. The second kappa shape index (κ2) is 7.22. The van der Waals surface area contributed by atoms with Gasteiger partial charge in [0.1, 0.15) is 17.5 Å². The number of carboxylic acid groups (broad SMARTS) is 1. The third-order valence-corrected chi connectivity index (χ3v) is 6.86. The van der Waals surface area contributed by atoms with Crippen LogP contribution in [0.5, 0.6) is 0 Å². The van der Waals surface area contributed by atoms with Crippen molar-refractivity contribution in [2.75, 3.05) is 11.9 Å². The molecule has 3 atom stereocenters. The number of aromatic nitrogens is 1. The maximum absolute atomic E-state index is 12.4. The average molecular weight is 414 g/mol. The normalized spacial score (nSPS) is 24.7. The van der Waals surface area contributed by atoms with E-state index < -0.39 is 22.8 Å². The van der Waals surface area contributed by atoms with Crippen molar-refractivity contribution in [1.29, 1.82) is 0 Å². The molecule has 9 heteroatoms. The Balaban J connectivity index is 1.33. The fraction of sp³-hybridized carbons (Fsp3) is 0.400. The molecule has 1 aromatic carbocycles. The summed E-state index contributed by atoms with van der Waals surface area (Å²) < 4.78 is -0.603. The first-order valence-corrected chi connectivity index (χ1v) is 10.3. The summed E-state index contributed by atoms with van der Waals surface area (Å²) in [6.45, 7) is 4.01. The number of anilines is 1. The van der Waals surface area contributed by atoms with E-state index in [1.165, 1.54) is 16.7 Å². The summed E-state index contributed by atoms with van der Waals surface area (Å²) in [5.41, 5.74) is 1.68. The minimum atomic E-state index is -1.02. The molecule has 2 aliphatic heterocycles. The average Bonchev–Trinajstić information content (AvgIpc) is 2.94. The topological polar surface area (TPSA) is 112 Å². The predicted molar refractivity (Wildman–Crippen MR) is 111 cm³/mol. The molecule has 2 fully saturated rings. The molecule has 0 radical (unpaired) electrons. The minimum absolute atomic E-state index is 0.191. The number of benzene rings is 1. The Morgan fingerprint density at radius 1 is 1.28 bits per heavy atom. The van der Waals surface area contributed by atoms with Gasteiger partial charge in [0.15, 0.2) is 0 Å². The first kappa shape index (κ1) is 19.5. The van der Waals surface area contributed by atoms with E-state index in [-0.39, 0.29) is 23.6 Å². The van der Waals surface area contributed by atoms with Gasteiger partial charge in [-0.05, 0) is 26.0 Å². The number of nitrogens with zero attached hydrogens (tertiary/aromatic N) is 2. The predicted octanol–water partition coefficient (Wildman–Crippen LogP) is 1.67. The largest absolute Gasteiger partial charge is 0.480 e. The van der Waals surface area contributed by atoms with Gasteiger partial charge in [-0.3, -0.25) is 14.6 Å². The van der Waals surface area contributed by atoms with Gasteiger partial charge in [-0.25, -0.2) is 4.79 Å². The van der Waals surface area contributed by atoms with Crippen LogP contribution in [0.4, 0.5) is 5.69 Å². The highest BCUT2D eigenvalue weighted by molar-refractivity contribution is 8.01. The van der Waals surface area contributed by atoms with Crippen LogP contribution in [0, 0.1) is 0 Å². The SMILES string of the molecule is CC1(C)S[C@@H]2[C@H](NC(=O)CCNc3cccc4cccnc34)C(=O)N2[C@H]1C(=O)O. The van der Waals surface area contributed by atoms with Crippen molar-refractivity contribution >= 4 is 46.1 Å². The molecule has 0 saturated carbocycles. The van der Waals surface area contributed by atoms with Crippen LogP contribution < -0.4 is 10.6 Å². The van der Waals surface area contributed by atoms with Crippen LogP contribution in [0.15, 0.2) is 36.5 Å². The van der Waals surface area contributed by atoms with Gasteiger partial charge >= 0.3 is 5.97 Å². The summed E-state index contributed by atoms with van der Waals surface area (Å²) in [4.78, 5) is 42.1. The lowest BCUT2D eigenvalue weighted by molar-refractivity contribution is -0.161. The van der Waals surface area contributed by atoms with E-state index in [1.54, 1.807) is 6.20 Å². The van der Waals surface area contributed by atoms with Gasteiger partial charge in [-0.2, -0.15) is 0 Å². The molecule has 0 aliphatic carbocycles. The molecule has 8 nitrogen and oxygen atoms in total. The number of hydrogen-bond donors (Lipinski definition) is 3. The quantitative estimate of drug-likeness (QED) is 0.617. The van der Waals surface area contributed by atoms with E-state index in [2.05, 4.69) is 15.6 Å². The monoisotopic (exact) mass is 414 g/mol. The van der Waals surface area contributed by atoms with Gasteiger partial charge < -0.3 is 20.6 Å². The summed E-state index contributed by atoms with van der Waals surface area (Å²) in [5.74, 6) is -1.60. The molecule has 152 valence electrons. The lowest BCUT2D eigenvalue weighted by Gasteiger charge is -2.43. The number of rotatable bonds is 6. The number of carbonyl (C=O) groups is 3. The third-order valence-electron chi connectivity index (χ3n) is 5.29. The Hall–Kier alpha value is -2.81. The molecule has 0 spiro atoms. The lowest BCUT2D eigenvalue weighted by atomic mass is 9.96. The molecule has 4 rings (SSSR count). The molecule has 2 aromatic rings. The van der Waals surface area contributed by atoms with Crippen LogP contribution in [-0.4, -0.2) is 61.5 Å². The van der Waals surface area contributed by atoms with E-state index in [0.29, 0.717) is 6.54 Å². The third kappa shape index (κ3) is 3.39. The number of para-hydroxylation sites is 1. The number of amides is 2. The Morgan fingerprint density at radius 3 is 2.79 bits per heavy atom. The van der Waals surface area contributed by atoms with Gasteiger partial charge in [-0.15, -0.1) is 11.8 Å². The molecule has 3 heterocycles. The van der Waals surface area contributed by atoms with Crippen molar-refractivity contribution in [2.24, 2.45) is 0 Å². The van der Waals surface area contributed by atoms with Crippen molar-refractivity contribution in [3.8, 4) is 0 Å². The first-order valence-electron chi connectivity index (χ1n) is 9.39. The van der Waals surface area contributed by atoms with E-state index >= 15 is 0 Å². The minimum Gasteiger partial charge on any atom is -0.480 e. The van der Waals surface area contributed by atoms with Crippen LogP contribution >= 0.6 is 11.8 Å². The maximum Gasteiger partial charge on any atom is 0.327 e. The highest BCUT2D eigenvalue weighted by Gasteiger charge is 2.64. The van der Waals surface area contributed by atoms with Crippen molar-refractivity contribution in [1.82, 2.24) is 15.2 Å². The van der Waals surface area contributed by atoms with Crippen molar-refractivity contribution in [3.05, 3.63) is 36.5 Å². The van der Waals surface area contributed by atoms with Crippen LogP contribution in [0.1, 0.15) is 20.3 Å². The number of β-lactam (4-membered cyclic amide) rings is 1.